The molecule has 2 heterocycles. The number of hydrogen-bond acceptors (Lipinski definition) is 5. The minimum Gasteiger partial charge on any atom is -0.443 e. The number of ether oxygens (including phenoxy) is 1. The molecule has 3 rings (SSSR count). The zero-order valence-electron chi connectivity index (χ0n) is 9.48. The van der Waals surface area contributed by atoms with Gasteiger partial charge in [-0.05, 0) is 12.1 Å². The van der Waals surface area contributed by atoms with Crippen LogP contribution in [0.2, 0.25) is 0 Å². The first-order chi connectivity index (χ1) is 8.42. The number of anilines is 1. The summed E-state index contributed by atoms with van der Waals surface area (Å²) < 4.78 is 10.9. The van der Waals surface area contributed by atoms with Crippen molar-refractivity contribution in [3.8, 4) is 0 Å². The molecule has 2 N–H and O–H groups in total. The van der Waals surface area contributed by atoms with E-state index in [9.17, 15) is 0 Å². The number of nitrogens with zero attached hydrogens (tertiary/aromatic N) is 1. The van der Waals surface area contributed by atoms with E-state index in [2.05, 4.69) is 15.6 Å². The standard InChI is InChI=1S/C12H15N3O2/c1-2-11-12(17-8-15-11)5-9(1)14-7-10-6-13-3-4-16-10/h1-2,5,8,10,13-14H,3-4,6-7H2. The molecule has 0 saturated carbocycles. The van der Waals surface area contributed by atoms with Crippen LogP contribution in [0.4, 0.5) is 5.69 Å². The van der Waals surface area contributed by atoms with E-state index in [1.54, 1.807) is 0 Å². The quantitative estimate of drug-likeness (QED) is 0.835. The van der Waals surface area contributed by atoms with Crippen molar-refractivity contribution in [3.63, 3.8) is 0 Å². The van der Waals surface area contributed by atoms with Crippen LogP contribution >= 0.6 is 0 Å². The predicted molar refractivity (Wildman–Crippen MR) is 65.1 cm³/mol. The molecule has 1 saturated heterocycles. The van der Waals surface area contributed by atoms with E-state index >= 15 is 0 Å². The average molecular weight is 233 g/mol. The topological polar surface area (TPSA) is 59.3 Å². The highest BCUT2D eigenvalue weighted by Gasteiger charge is 2.12. The molecule has 0 radical (unpaired) electrons. The van der Waals surface area contributed by atoms with Gasteiger partial charge in [0.25, 0.3) is 0 Å². The molecule has 1 unspecified atom stereocenters. The lowest BCUT2D eigenvalue weighted by atomic mass is 10.2. The van der Waals surface area contributed by atoms with Crippen LogP contribution in [-0.2, 0) is 4.74 Å². The second kappa shape index (κ2) is 4.73. The number of morpholine rings is 1. The molecule has 1 fully saturated rings. The van der Waals surface area contributed by atoms with E-state index in [1.807, 2.05) is 18.2 Å². The summed E-state index contributed by atoms with van der Waals surface area (Å²) >= 11 is 0. The number of hydrogen-bond donors (Lipinski definition) is 2. The van der Waals surface area contributed by atoms with Gasteiger partial charge in [-0.25, -0.2) is 4.98 Å². The van der Waals surface area contributed by atoms with Crippen molar-refractivity contribution >= 4 is 16.8 Å². The molecule has 1 atom stereocenters. The second-order valence-corrected chi connectivity index (χ2v) is 4.11. The molecule has 0 aliphatic carbocycles. The Morgan fingerprint density at radius 2 is 2.47 bits per heavy atom. The molecular weight excluding hydrogens is 218 g/mol. The number of aromatic nitrogens is 1. The lowest BCUT2D eigenvalue weighted by molar-refractivity contribution is 0.0372. The molecule has 0 amide bonds. The lowest BCUT2D eigenvalue weighted by Crippen LogP contribution is -2.42. The number of fused-ring (bicyclic) bond motifs is 1. The van der Waals surface area contributed by atoms with Gasteiger partial charge in [-0.2, -0.15) is 0 Å². The summed E-state index contributed by atoms with van der Waals surface area (Å²) in [5.41, 5.74) is 2.72. The summed E-state index contributed by atoms with van der Waals surface area (Å²) in [6.45, 7) is 3.43. The van der Waals surface area contributed by atoms with Crippen LogP contribution in [0.3, 0.4) is 0 Å². The molecule has 1 aliphatic heterocycles. The molecule has 2 aromatic rings. The van der Waals surface area contributed by atoms with Crippen LogP contribution in [0, 0.1) is 0 Å². The maximum absolute atomic E-state index is 5.61. The van der Waals surface area contributed by atoms with Crippen molar-refractivity contribution in [3.05, 3.63) is 24.6 Å². The first-order valence-electron chi connectivity index (χ1n) is 5.81. The summed E-state index contributed by atoms with van der Waals surface area (Å²) in [6.07, 6.45) is 1.69. The molecule has 1 aromatic heterocycles. The van der Waals surface area contributed by atoms with E-state index < -0.39 is 0 Å². The van der Waals surface area contributed by atoms with Gasteiger partial charge in [0.2, 0.25) is 0 Å². The fraction of sp³-hybridized carbons (Fsp3) is 0.417. The molecule has 1 aliphatic rings. The highest BCUT2D eigenvalue weighted by Crippen LogP contribution is 2.17. The van der Waals surface area contributed by atoms with Crippen LogP contribution in [0.1, 0.15) is 0 Å². The Labute approximate surface area is 99.2 Å². The van der Waals surface area contributed by atoms with E-state index in [-0.39, 0.29) is 6.10 Å². The van der Waals surface area contributed by atoms with E-state index in [0.717, 1.165) is 43.0 Å². The molecule has 90 valence electrons. The molecule has 5 heteroatoms. The Kier molecular flexibility index (Phi) is 2.94. The van der Waals surface area contributed by atoms with Crippen LogP contribution in [0.25, 0.3) is 11.1 Å². The normalized spacial score (nSPS) is 20.6. The molecule has 17 heavy (non-hydrogen) atoms. The third kappa shape index (κ3) is 2.40. The minimum absolute atomic E-state index is 0.231. The van der Waals surface area contributed by atoms with Crippen molar-refractivity contribution < 1.29 is 9.15 Å². The fourth-order valence-corrected chi connectivity index (χ4v) is 1.95. The van der Waals surface area contributed by atoms with Gasteiger partial charge in [0, 0.05) is 31.4 Å². The van der Waals surface area contributed by atoms with Gasteiger partial charge in [-0.1, -0.05) is 0 Å². The summed E-state index contributed by atoms with van der Waals surface area (Å²) in [4.78, 5) is 4.08. The third-order valence-electron chi connectivity index (χ3n) is 2.87. The Morgan fingerprint density at radius 1 is 1.47 bits per heavy atom. The Balaban J connectivity index is 1.63. The summed E-state index contributed by atoms with van der Waals surface area (Å²) in [5.74, 6) is 0. The van der Waals surface area contributed by atoms with Gasteiger partial charge >= 0.3 is 0 Å². The SMILES string of the molecule is c1nc2ccc(NCC3CNCCO3)cc2o1. The average Bonchev–Trinajstić information content (AvgIpc) is 2.85. The number of oxazole rings is 1. The fourth-order valence-electron chi connectivity index (χ4n) is 1.95. The molecule has 1 aromatic carbocycles. The van der Waals surface area contributed by atoms with Crippen molar-refractivity contribution in [1.82, 2.24) is 10.3 Å². The molecule has 0 spiro atoms. The third-order valence-corrected chi connectivity index (χ3v) is 2.87. The van der Waals surface area contributed by atoms with Crippen LogP contribution < -0.4 is 10.6 Å². The van der Waals surface area contributed by atoms with Gasteiger partial charge in [-0.15, -0.1) is 0 Å². The van der Waals surface area contributed by atoms with Crippen molar-refractivity contribution in [2.45, 2.75) is 6.10 Å². The summed E-state index contributed by atoms with van der Waals surface area (Å²) in [5, 5.41) is 6.65. The van der Waals surface area contributed by atoms with E-state index in [4.69, 9.17) is 9.15 Å². The zero-order valence-corrected chi connectivity index (χ0v) is 9.48. The van der Waals surface area contributed by atoms with Crippen LogP contribution in [0.5, 0.6) is 0 Å². The van der Waals surface area contributed by atoms with Gasteiger partial charge < -0.3 is 19.8 Å². The maximum atomic E-state index is 5.61. The van der Waals surface area contributed by atoms with Gasteiger partial charge in [0.15, 0.2) is 12.0 Å². The second-order valence-electron chi connectivity index (χ2n) is 4.11. The summed E-state index contributed by atoms with van der Waals surface area (Å²) in [6, 6.07) is 5.90. The lowest BCUT2D eigenvalue weighted by Gasteiger charge is -2.24. The number of benzene rings is 1. The largest absolute Gasteiger partial charge is 0.443 e. The predicted octanol–water partition coefficient (Wildman–Crippen LogP) is 1.23. The molecule has 0 bridgehead atoms. The highest BCUT2D eigenvalue weighted by atomic mass is 16.5. The molecule has 5 nitrogen and oxygen atoms in total. The first kappa shape index (κ1) is 10.6. The van der Waals surface area contributed by atoms with Crippen molar-refractivity contribution in [2.75, 3.05) is 31.6 Å². The van der Waals surface area contributed by atoms with Gasteiger partial charge in [0.05, 0.1) is 12.7 Å². The van der Waals surface area contributed by atoms with Crippen molar-refractivity contribution in [2.24, 2.45) is 0 Å². The number of nitrogens with one attached hydrogen (secondary N) is 2. The van der Waals surface area contributed by atoms with Gasteiger partial charge in [-0.3, -0.25) is 0 Å². The Morgan fingerprint density at radius 3 is 3.35 bits per heavy atom. The van der Waals surface area contributed by atoms with Crippen molar-refractivity contribution in [1.29, 1.82) is 0 Å². The van der Waals surface area contributed by atoms with Crippen LogP contribution in [-0.4, -0.2) is 37.3 Å². The van der Waals surface area contributed by atoms with Crippen LogP contribution in [0.15, 0.2) is 29.0 Å². The number of rotatable bonds is 3. The van der Waals surface area contributed by atoms with E-state index in [1.165, 1.54) is 6.39 Å². The van der Waals surface area contributed by atoms with E-state index in [0.29, 0.717) is 0 Å². The minimum atomic E-state index is 0.231. The molecular formula is C12H15N3O2. The highest BCUT2D eigenvalue weighted by molar-refractivity contribution is 5.76. The zero-order chi connectivity index (χ0) is 11.5. The monoisotopic (exact) mass is 233 g/mol. The maximum Gasteiger partial charge on any atom is 0.181 e. The Hall–Kier alpha value is -1.59. The summed E-state index contributed by atoms with van der Waals surface area (Å²) in [7, 11) is 0. The van der Waals surface area contributed by atoms with Gasteiger partial charge in [0.1, 0.15) is 5.52 Å². The Bertz CT molecular complexity index is 491. The smallest absolute Gasteiger partial charge is 0.181 e. The first-order valence-corrected chi connectivity index (χ1v) is 5.81.